The molecule has 1 fully saturated rings. The van der Waals surface area contributed by atoms with Crippen LogP contribution in [0.1, 0.15) is 6.42 Å². The lowest BCUT2D eigenvalue weighted by Crippen LogP contribution is -2.27. The van der Waals surface area contributed by atoms with Crippen molar-refractivity contribution in [3.63, 3.8) is 0 Å². The van der Waals surface area contributed by atoms with E-state index in [9.17, 15) is 0 Å². The second kappa shape index (κ2) is 6.95. The predicted molar refractivity (Wildman–Crippen MR) is 97.1 cm³/mol. The molecule has 3 aromatic rings. The van der Waals surface area contributed by atoms with Crippen LogP contribution in [0.25, 0.3) is 11.3 Å². The van der Waals surface area contributed by atoms with Gasteiger partial charge in [-0.1, -0.05) is 0 Å². The molecule has 0 saturated carbocycles. The highest BCUT2D eigenvalue weighted by Crippen LogP contribution is 2.22. The fourth-order valence-corrected chi connectivity index (χ4v) is 2.95. The minimum absolute atomic E-state index is 0.244. The van der Waals surface area contributed by atoms with E-state index in [1.807, 2.05) is 25.5 Å². The first-order valence-corrected chi connectivity index (χ1v) is 8.41. The molecule has 0 aromatic carbocycles. The van der Waals surface area contributed by atoms with Crippen molar-refractivity contribution in [2.24, 2.45) is 7.05 Å². The number of rotatable bonds is 5. The zero-order chi connectivity index (χ0) is 17.9. The van der Waals surface area contributed by atoms with Gasteiger partial charge in [-0.15, -0.1) is 0 Å². The van der Waals surface area contributed by atoms with Crippen molar-refractivity contribution in [2.75, 3.05) is 30.4 Å². The van der Waals surface area contributed by atoms with E-state index in [0.29, 0.717) is 11.7 Å². The summed E-state index contributed by atoms with van der Waals surface area (Å²) in [6.45, 7) is 1.68. The molecule has 1 N–H and O–H groups in total. The number of hydrogen-bond donors (Lipinski definition) is 1. The Morgan fingerprint density at radius 1 is 1.19 bits per heavy atom. The zero-order valence-corrected chi connectivity index (χ0v) is 14.7. The predicted octanol–water partition coefficient (Wildman–Crippen LogP) is 1.37. The van der Waals surface area contributed by atoms with Crippen LogP contribution in [-0.4, -0.2) is 56.0 Å². The van der Waals surface area contributed by atoms with Crippen molar-refractivity contribution in [1.82, 2.24) is 29.7 Å². The number of ether oxygens (including phenoxy) is 1. The molecule has 1 unspecified atom stereocenters. The maximum absolute atomic E-state index is 5.08. The van der Waals surface area contributed by atoms with E-state index >= 15 is 0 Å². The van der Waals surface area contributed by atoms with Gasteiger partial charge in [-0.2, -0.15) is 5.10 Å². The molecule has 0 bridgehead atoms. The molecule has 4 rings (SSSR count). The Balaban J connectivity index is 1.43. The van der Waals surface area contributed by atoms with Gasteiger partial charge in [0.2, 0.25) is 11.9 Å². The average Bonchev–Trinajstić information content (AvgIpc) is 3.32. The Kier molecular flexibility index (Phi) is 4.34. The molecule has 9 heteroatoms. The molecule has 1 aliphatic rings. The van der Waals surface area contributed by atoms with Crippen LogP contribution in [0.5, 0.6) is 5.75 Å². The Hall–Kier alpha value is -3.23. The van der Waals surface area contributed by atoms with E-state index in [4.69, 9.17) is 4.74 Å². The highest BCUT2D eigenvalue weighted by Gasteiger charge is 2.25. The molecule has 26 heavy (non-hydrogen) atoms. The summed E-state index contributed by atoms with van der Waals surface area (Å²) >= 11 is 0. The lowest BCUT2D eigenvalue weighted by atomic mass is 10.2. The van der Waals surface area contributed by atoms with Crippen molar-refractivity contribution in [3.05, 3.63) is 37.1 Å². The molecule has 134 valence electrons. The van der Waals surface area contributed by atoms with Gasteiger partial charge in [0.15, 0.2) is 5.75 Å². The minimum Gasteiger partial charge on any atom is -0.494 e. The number of methoxy groups -OCH3 is 1. The summed E-state index contributed by atoms with van der Waals surface area (Å²) in [6, 6.07) is 2.14. The molecule has 1 atom stereocenters. The van der Waals surface area contributed by atoms with Gasteiger partial charge < -0.3 is 15.0 Å². The lowest BCUT2D eigenvalue weighted by molar-refractivity contribution is 0.411. The molecule has 0 radical (unpaired) electrons. The van der Waals surface area contributed by atoms with Gasteiger partial charge in [0.05, 0.1) is 31.4 Å². The van der Waals surface area contributed by atoms with Crippen molar-refractivity contribution < 1.29 is 4.74 Å². The molecule has 1 saturated heterocycles. The van der Waals surface area contributed by atoms with Crippen LogP contribution in [0.4, 0.5) is 11.9 Å². The maximum Gasteiger partial charge on any atom is 0.225 e. The summed E-state index contributed by atoms with van der Waals surface area (Å²) in [5.74, 6) is 1.97. The Morgan fingerprint density at radius 3 is 2.77 bits per heavy atom. The fraction of sp³-hybridized carbons (Fsp3) is 0.353. The summed E-state index contributed by atoms with van der Waals surface area (Å²) in [7, 11) is 3.49. The lowest BCUT2D eigenvalue weighted by Gasteiger charge is -2.17. The quantitative estimate of drug-likeness (QED) is 0.736. The SMILES string of the molecule is COc1cnc(NC2CCN(c3nccc(-c4cnn(C)c4)n3)C2)nc1. The largest absolute Gasteiger partial charge is 0.494 e. The summed E-state index contributed by atoms with van der Waals surface area (Å²) in [5.41, 5.74) is 1.86. The highest BCUT2D eigenvalue weighted by molar-refractivity contribution is 5.58. The monoisotopic (exact) mass is 352 g/mol. The fourth-order valence-electron chi connectivity index (χ4n) is 2.95. The third kappa shape index (κ3) is 3.41. The van der Waals surface area contributed by atoms with Crippen LogP contribution in [-0.2, 0) is 7.05 Å². The molecule has 1 aliphatic heterocycles. The Morgan fingerprint density at radius 2 is 2.04 bits per heavy atom. The zero-order valence-electron chi connectivity index (χ0n) is 14.7. The first-order chi connectivity index (χ1) is 12.7. The normalized spacial score (nSPS) is 16.7. The summed E-state index contributed by atoms with van der Waals surface area (Å²) in [6.07, 6.45) is 9.82. The molecule has 0 spiro atoms. The van der Waals surface area contributed by atoms with E-state index < -0.39 is 0 Å². The van der Waals surface area contributed by atoms with Gasteiger partial charge in [-0.25, -0.2) is 19.9 Å². The van der Waals surface area contributed by atoms with Gasteiger partial charge in [0, 0.05) is 44.1 Å². The first kappa shape index (κ1) is 16.2. The van der Waals surface area contributed by atoms with Gasteiger partial charge >= 0.3 is 0 Å². The van der Waals surface area contributed by atoms with Crippen LogP contribution >= 0.6 is 0 Å². The Bertz CT molecular complexity index is 878. The van der Waals surface area contributed by atoms with Crippen molar-refractivity contribution in [1.29, 1.82) is 0 Å². The van der Waals surface area contributed by atoms with Crippen molar-refractivity contribution in [2.45, 2.75) is 12.5 Å². The van der Waals surface area contributed by atoms with E-state index in [2.05, 4.69) is 35.3 Å². The van der Waals surface area contributed by atoms with Crippen molar-refractivity contribution in [3.8, 4) is 17.0 Å². The topological polar surface area (TPSA) is 93.9 Å². The van der Waals surface area contributed by atoms with Crippen LogP contribution in [0.3, 0.4) is 0 Å². The van der Waals surface area contributed by atoms with Crippen LogP contribution in [0.15, 0.2) is 37.1 Å². The van der Waals surface area contributed by atoms with Gasteiger partial charge in [0.1, 0.15) is 0 Å². The smallest absolute Gasteiger partial charge is 0.225 e. The Labute approximate surface area is 151 Å². The number of nitrogens with zero attached hydrogens (tertiary/aromatic N) is 7. The van der Waals surface area contributed by atoms with E-state index in [1.165, 1.54) is 0 Å². The third-order valence-electron chi connectivity index (χ3n) is 4.31. The second-order valence-corrected chi connectivity index (χ2v) is 6.17. The van der Waals surface area contributed by atoms with E-state index in [0.717, 1.165) is 36.7 Å². The molecule has 4 heterocycles. The first-order valence-electron chi connectivity index (χ1n) is 8.41. The third-order valence-corrected chi connectivity index (χ3v) is 4.31. The standard InChI is InChI=1S/C17H20N8O/c1-24-10-12(7-21-24)15-3-5-18-17(23-15)25-6-4-13(11-25)22-16-19-8-14(26-2)9-20-16/h3,5,7-10,13H,4,6,11H2,1-2H3,(H,19,20,22). The molecule has 9 nitrogen and oxygen atoms in total. The van der Waals surface area contributed by atoms with Crippen LogP contribution in [0.2, 0.25) is 0 Å². The number of anilines is 2. The highest BCUT2D eigenvalue weighted by atomic mass is 16.5. The van der Waals surface area contributed by atoms with E-state index in [1.54, 1.807) is 30.4 Å². The van der Waals surface area contributed by atoms with E-state index in [-0.39, 0.29) is 6.04 Å². The molecular weight excluding hydrogens is 332 g/mol. The second-order valence-electron chi connectivity index (χ2n) is 6.17. The average molecular weight is 352 g/mol. The molecular formula is C17H20N8O. The number of hydrogen-bond acceptors (Lipinski definition) is 8. The van der Waals surface area contributed by atoms with Gasteiger partial charge in [0.25, 0.3) is 0 Å². The number of nitrogens with one attached hydrogen (secondary N) is 1. The summed E-state index contributed by atoms with van der Waals surface area (Å²) < 4.78 is 6.85. The van der Waals surface area contributed by atoms with Gasteiger partial charge in [-0.05, 0) is 12.5 Å². The van der Waals surface area contributed by atoms with Crippen molar-refractivity contribution >= 4 is 11.9 Å². The summed E-state index contributed by atoms with van der Waals surface area (Å²) in [4.78, 5) is 19.8. The molecule has 0 aliphatic carbocycles. The molecule has 3 aromatic heterocycles. The maximum atomic E-state index is 5.08. The molecule has 0 amide bonds. The number of aryl methyl sites for hydroxylation is 1. The summed E-state index contributed by atoms with van der Waals surface area (Å²) in [5, 5.41) is 7.55. The minimum atomic E-state index is 0.244. The van der Waals surface area contributed by atoms with Crippen LogP contribution < -0.4 is 15.0 Å². The van der Waals surface area contributed by atoms with Gasteiger partial charge in [-0.3, -0.25) is 4.68 Å². The number of aromatic nitrogens is 6. The van der Waals surface area contributed by atoms with Crippen LogP contribution in [0, 0.1) is 0 Å².